The first-order chi connectivity index (χ1) is 26.9. The third-order valence-electron chi connectivity index (χ3n) is 10.8. The van der Waals surface area contributed by atoms with Crippen LogP contribution in [0, 0.1) is 22.0 Å². The van der Waals surface area contributed by atoms with Crippen LogP contribution >= 0.6 is 0 Å². The first-order valence-corrected chi connectivity index (χ1v) is 25.0. The van der Waals surface area contributed by atoms with Crippen molar-refractivity contribution in [1.82, 2.24) is 24.8 Å². The highest BCUT2D eigenvalue weighted by Gasteiger charge is 2.53. The van der Waals surface area contributed by atoms with Crippen LogP contribution in [0.1, 0.15) is 86.1 Å². The van der Waals surface area contributed by atoms with Gasteiger partial charge in [0, 0.05) is 30.2 Å². The fourth-order valence-electron chi connectivity index (χ4n) is 5.58. The van der Waals surface area contributed by atoms with Gasteiger partial charge < -0.3 is 29.0 Å². The fraction of sp³-hybridized carbons (Fsp3) is 0.615. The molecule has 1 aliphatic rings. The van der Waals surface area contributed by atoms with Crippen molar-refractivity contribution in [2.45, 2.75) is 148 Å². The summed E-state index contributed by atoms with van der Waals surface area (Å²) in [6.07, 6.45) is -5.02. The maximum absolute atomic E-state index is 14.1. The van der Waals surface area contributed by atoms with E-state index in [1.54, 1.807) is 37.0 Å². The van der Waals surface area contributed by atoms with E-state index in [1.807, 2.05) is 0 Å². The van der Waals surface area contributed by atoms with Gasteiger partial charge in [-0.3, -0.25) is 19.5 Å². The molecule has 20 heteroatoms. The molecule has 1 aliphatic heterocycles. The predicted molar refractivity (Wildman–Crippen MR) is 220 cm³/mol. The van der Waals surface area contributed by atoms with Crippen molar-refractivity contribution in [3.05, 3.63) is 52.1 Å². The average molecular weight is 864 g/mol. The second-order valence-electron chi connectivity index (χ2n) is 18.5. The molecule has 0 radical (unpaired) electrons. The van der Waals surface area contributed by atoms with E-state index >= 15 is 0 Å². The smallest absolute Gasteiger partial charge is 0.458 e. The molecule has 1 fully saturated rings. The minimum absolute atomic E-state index is 0.0581. The molecule has 4 rings (SSSR count). The number of rotatable bonds is 12. The Bertz CT molecular complexity index is 2100. The lowest BCUT2D eigenvalue weighted by atomic mass is 10.1. The van der Waals surface area contributed by atoms with Crippen LogP contribution < -0.4 is 10.6 Å². The number of carbonyl (C=O) groups excluding carboxylic acids is 2. The number of nitro groups is 1. The number of nitrogens with zero attached hydrogens (tertiary/aromatic N) is 5. The van der Waals surface area contributed by atoms with Gasteiger partial charge in [0.25, 0.3) is 5.69 Å². The lowest BCUT2D eigenvalue weighted by Crippen LogP contribution is -2.55. The highest BCUT2D eigenvalue weighted by atomic mass is 28.4. The second-order valence-corrected chi connectivity index (χ2v) is 28.0. The van der Waals surface area contributed by atoms with E-state index in [9.17, 15) is 32.9 Å². The van der Waals surface area contributed by atoms with Gasteiger partial charge in [-0.2, -0.15) is 13.2 Å². The van der Waals surface area contributed by atoms with Gasteiger partial charge >= 0.3 is 18.1 Å². The third-order valence-corrected chi connectivity index (χ3v) is 19.7. The largest absolute Gasteiger partial charge is 0.471 e. The van der Waals surface area contributed by atoms with Gasteiger partial charge in [0.2, 0.25) is 0 Å². The Labute approximate surface area is 344 Å². The number of amides is 1. The lowest BCUT2D eigenvalue weighted by Gasteiger charge is -2.43. The van der Waals surface area contributed by atoms with Crippen molar-refractivity contribution in [2.24, 2.45) is 0 Å². The number of hydrogen-bond donors (Lipinski definition) is 2. The Morgan fingerprint density at radius 1 is 1.02 bits per heavy atom. The number of aromatic nitrogens is 4. The molecule has 2 N–H and O–H groups in total. The van der Waals surface area contributed by atoms with Crippen molar-refractivity contribution in [2.75, 3.05) is 11.9 Å². The first-order valence-electron chi connectivity index (χ1n) is 19.2. The molecule has 2 aromatic heterocycles. The normalized spacial score (nSPS) is 18.5. The minimum Gasteiger partial charge on any atom is -0.458 e. The molecule has 1 saturated heterocycles. The van der Waals surface area contributed by atoms with Gasteiger partial charge in [0.05, 0.1) is 23.9 Å². The molecule has 0 spiro atoms. The van der Waals surface area contributed by atoms with E-state index in [-0.39, 0.29) is 39.3 Å². The standard InChI is InChI=1S/C39H56F3N7O8Si2/c1-36(2,3)55-34(50)31(57-59(12,13)38(7,8)9)30-27(56-58(10,11)37(4,5)6)20-28(54-30)48-23-47-29-32(45-22-46-33(29)48)44-21-25-17-16-24(19-26(25)49(52)53)15-14-18-43-35(51)39(40,41)42/h16-17,19,22-23,27-28,30-31H,18,20-21H2,1-13H3,(H,43,51)(H,44,45,46)/t27-,28+,30-,31?/m0/s1. The summed E-state index contributed by atoms with van der Waals surface area (Å²) in [7, 11) is -5.01. The van der Waals surface area contributed by atoms with Crippen LogP contribution in [0.3, 0.4) is 0 Å². The van der Waals surface area contributed by atoms with Gasteiger partial charge in [0.1, 0.15) is 24.3 Å². The van der Waals surface area contributed by atoms with Crippen molar-refractivity contribution >= 4 is 51.2 Å². The summed E-state index contributed by atoms with van der Waals surface area (Å²) in [6, 6.07) is 4.13. The number of ether oxygens (including phenoxy) is 2. The quantitative estimate of drug-likeness (QED) is 0.0594. The number of alkyl halides is 3. The Morgan fingerprint density at radius 3 is 2.24 bits per heavy atom. The zero-order valence-corrected chi connectivity index (χ0v) is 38.0. The van der Waals surface area contributed by atoms with Gasteiger partial charge in [-0.05, 0) is 69.2 Å². The van der Waals surface area contributed by atoms with Crippen LogP contribution in [0.25, 0.3) is 11.2 Å². The highest BCUT2D eigenvalue weighted by Crippen LogP contribution is 2.45. The summed E-state index contributed by atoms with van der Waals surface area (Å²) in [5.41, 5.74) is 0.0979. The van der Waals surface area contributed by atoms with Crippen LogP contribution in [-0.2, 0) is 34.5 Å². The van der Waals surface area contributed by atoms with Crippen LogP contribution in [0.15, 0.2) is 30.9 Å². The molecule has 324 valence electrons. The Kier molecular flexibility index (Phi) is 13.8. The number of carbonyl (C=O) groups is 2. The Morgan fingerprint density at radius 2 is 1.66 bits per heavy atom. The molecule has 1 amide bonds. The molecular formula is C39H56F3N7O8Si2. The molecule has 1 aromatic carbocycles. The van der Waals surface area contributed by atoms with Crippen molar-refractivity contribution in [1.29, 1.82) is 0 Å². The molecule has 4 atom stereocenters. The van der Waals surface area contributed by atoms with Crippen LogP contribution in [0.4, 0.5) is 24.7 Å². The molecule has 1 unspecified atom stereocenters. The van der Waals surface area contributed by atoms with Crippen LogP contribution in [0.5, 0.6) is 0 Å². The van der Waals surface area contributed by atoms with E-state index in [2.05, 4.69) is 99.8 Å². The summed E-state index contributed by atoms with van der Waals surface area (Å²) in [5.74, 6) is 2.49. The van der Waals surface area contributed by atoms with Crippen molar-refractivity contribution < 1.29 is 46.0 Å². The van der Waals surface area contributed by atoms with E-state index in [0.717, 1.165) is 0 Å². The maximum Gasteiger partial charge on any atom is 0.471 e. The number of fused-ring (bicyclic) bond motifs is 1. The second kappa shape index (κ2) is 17.3. The maximum atomic E-state index is 14.1. The number of anilines is 1. The summed E-state index contributed by atoms with van der Waals surface area (Å²) in [6.45, 7) is 25.9. The molecule has 59 heavy (non-hydrogen) atoms. The Hall–Kier alpha value is -4.43. The summed E-state index contributed by atoms with van der Waals surface area (Å²) in [5, 5.41) is 16.3. The van der Waals surface area contributed by atoms with Crippen LogP contribution in [0.2, 0.25) is 36.3 Å². The first kappa shape index (κ1) is 47.3. The van der Waals surface area contributed by atoms with Gasteiger partial charge in [-0.15, -0.1) is 0 Å². The van der Waals surface area contributed by atoms with E-state index < -0.39 is 76.3 Å². The number of nitrogens with one attached hydrogen (secondary N) is 2. The summed E-state index contributed by atoms with van der Waals surface area (Å²) in [4.78, 5) is 50.0. The molecule has 0 aliphatic carbocycles. The van der Waals surface area contributed by atoms with Crippen molar-refractivity contribution in [3.63, 3.8) is 0 Å². The number of imidazole rings is 1. The zero-order valence-electron chi connectivity index (χ0n) is 36.0. The van der Waals surface area contributed by atoms with E-state index in [1.165, 1.54) is 24.5 Å². The molecular weight excluding hydrogens is 808 g/mol. The predicted octanol–water partition coefficient (Wildman–Crippen LogP) is 7.79. The number of hydrogen-bond acceptors (Lipinski definition) is 12. The van der Waals surface area contributed by atoms with E-state index in [4.69, 9.17) is 18.3 Å². The van der Waals surface area contributed by atoms with Crippen molar-refractivity contribution in [3.8, 4) is 11.8 Å². The lowest BCUT2D eigenvalue weighted by molar-refractivity contribution is -0.385. The minimum atomic E-state index is -5.05. The third kappa shape index (κ3) is 11.7. The summed E-state index contributed by atoms with van der Waals surface area (Å²) < 4.78 is 65.7. The number of benzene rings is 1. The van der Waals surface area contributed by atoms with Gasteiger partial charge in [-0.1, -0.05) is 53.4 Å². The van der Waals surface area contributed by atoms with Gasteiger partial charge in [0.15, 0.2) is 39.7 Å². The molecule has 0 saturated carbocycles. The van der Waals surface area contributed by atoms with Gasteiger partial charge in [-0.25, -0.2) is 19.7 Å². The number of halogens is 3. The molecule has 3 aromatic rings. The zero-order chi connectivity index (χ0) is 44.5. The van der Waals surface area contributed by atoms with E-state index in [0.29, 0.717) is 17.6 Å². The SMILES string of the molecule is CC(C)(C)OC(=O)C(O[Si](C)(C)C(C)(C)C)[C@H]1O[C@@H](n2cnc3c(NCc4ccc(C#CCNC(=O)C(F)(F)F)cc4[N+](=O)[O-])ncnc32)C[C@@H]1O[Si](C)(C)C(C)(C)C. The molecule has 0 bridgehead atoms. The Balaban J connectivity index is 1.65. The topological polar surface area (TPSA) is 182 Å². The summed E-state index contributed by atoms with van der Waals surface area (Å²) >= 11 is 0. The number of nitro benzene ring substituents is 1. The molecule has 15 nitrogen and oxygen atoms in total. The highest BCUT2D eigenvalue weighted by molar-refractivity contribution is 6.74. The van der Waals surface area contributed by atoms with Crippen LogP contribution in [-0.4, -0.2) is 89.6 Å². The number of esters is 1. The average Bonchev–Trinajstić information content (AvgIpc) is 3.70. The fourth-order valence-corrected chi connectivity index (χ4v) is 8.14. The molecule has 3 heterocycles. The monoisotopic (exact) mass is 863 g/mol.